The van der Waals surface area contributed by atoms with E-state index >= 15 is 0 Å². The van der Waals surface area contributed by atoms with Crippen LogP contribution in [-0.4, -0.2) is 11.3 Å². The summed E-state index contributed by atoms with van der Waals surface area (Å²) in [4.78, 5) is 14.8. The number of aromatic nitrogens is 1. The monoisotopic (exact) mass is 272 g/mol. The topological polar surface area (TPSA) is 63.0 Å². The molecule has 0 spiro atoms. The molecule has 0 bridgehead atoms. The Labute approximate surface area is 115 Å². The first-order valence-corrected chi connectivity index (χ1v) is 5.82. The van der Waals surface area contributed by atoms with Gasteiger partial charge in [-0.05, 0) is 25.1 Å². The molecule has 19 heavy (non-hydrogen) atoms. The van der Waals surface area contributed by atoms with Crippen molar-refractivity contribution in [1.29, 1.82) is 5.26 Å². The van der Waals surface area contributed by atoms with Crippen LogP contribution < -0.4 is 4.74 Å². The second kappa shape index (κ2) is 5.51. The highest BCUT2D eigenvalue weighted by Gasteiger charge is 2.05. The van der Waals surface area contributed by atoms with E-state index in [1.165, 1.54) is 0 Å². The number of hydrogen-bond donors (Lipinski definition) is 0. The number of benzene rings is 1. The Morgan fingerprint density at radius 3 is 2.74 bits per heavy atom. The van der Waals surface area contributed by atoms with Crippen LogP contribution in [0.4, 0.5) is 0 Å². The number of pyridine rings is 1. The zero-order chi connectivity index (χ0) is 13.8. The van der Waals surface area contributed by atoms with Gasteiger partial charge in [0, 0.05) is 17.7 Å². The van der Waals surface area contributed by atoms with Crippen molar-refractivity contribution in [1.82, 2.24) is 4.98 Å². The Bertz CT molecular complexity index is 678. The molecule has 94 valence electrons. The molecule has 0 saturated carbocycles. The predicted molar refractivity (Wildman–Crippen MR) is 70.6 cm³/mol. The van der Waals surface area contributed by atoms with Gasteiger partial charge in [0.2, 0.25) is 5.88 Å². The smallest absolute Gasteiger partial charge is 0.219 e. The highest BCUT2D eigenvalue weighted by Crippen LogP contribution is 2.25. The molecule has 1 heterocycles. The van der Waals surface area contributed by atoms with Crippen LogP contribution in [0.15, 0.2) is 30.3 Å². The summed E-state index contributed by atoms with van der Waals surface area (Å²) in [5, 5.41) is 9.09. The maximum absolute atomic E-state index is 10.7. The van der Waals surface area contributed by atoms with Crippen LogP contribution in [0.2, 0.25) is 5.02 Å². The van der Waals surface area contributed by atoms with Crippen molar-refractivity contribution < 1.29 is 9.53 Å². The fraction of sp³-hybridized carbons (Fsp3) is 0.0714. The molecule has 2 rings (SSSR count). The average Bonchev–Trinajstić information content (AvgIpc) is 2.39. The lowest BCUT2D eigenvalue weighted by atomic mass is 10.2. The van der Waals surface area contributed by atoms with E-state index < -0.39 is 0 Å². The summed E-state index contributed by atoms with van der Waals surface area (Å²) in [7, 11) is 0. The molecule has 0 radical (unpaired) electrons. The van der Waals surface area contributed by atoms with Gasteiger partial charge in [0.25, 0.3) is 0 Å². The first kappa shape index (κ1) is 13.1. The van der Waals surface area contributed by atoms with Crippen molar-refractivity contribution in [2.75, 3.05) is 0 Å². The first-order chi connectivity index (χ1) is 9.13. The number of hydrogen-bond acceptors (Lipinski definition) is 4. The summed E-state index contributed by atoms with van der Waals surface area (Å²) in [6.45, 7) is 1.72. The molecule has 0 atom stereocenters. The maximum atomic E-state index is 10.7. The van der Waals surface area contributed by atoms with Gasteiger partial charge in [-0.1, -0.05) is 11.6 Å². The van der Waals surface area contributed by atoms with Gasteiger partial charge in [0.15, 0.2) is 6.29 Å². The number of rotatable bonds is 3. The van der Waals surface area contributed by atoms with E-state index in [0.717, 1.165) is 6.29 Å². The summed E-state index contributed by atoms with van der Waals surface area (Å²) in [5.41, 5.74) is 1.49. The molecule has 0 fully saturated rings. The van der Waals surface area contributed by atoms with E-state index in [1.807, 2.05) is 6.07 Å². The fourth-order valence-electron chi connectivity index (χ4n) is 1.50. The zero-order valence-electron chi connectivity index (χ0n) is 10.1. The summed E-state index contributed by atoms with van der Waals surface area (Å²) >= 11 is 5.91. The van der Waals surface area contributed by atoms with Gasteiger partial charge in [-0.2, -0.15) is 5.26 Å². The lowest BCUT2D eigenvalue weighted by molar-refractivity contribution is 0.112. The van der Waals surface area contributed by atoms with E-state index in [2.05, 4.69) is 4.98 Å². The molecule has 0 aliphatic carbocycles. The fourth-order valence-corrected chi connectivity index (χ4v) is 1.71. The molecule has 1 aromatic heterocycles. The van der Waals surface area contributed by atoms with E-state index in [1.54, 1.807) is 37.3 Å². The molecule has 0 saturated heterocycles. The van der Waals surface area contributed by atoms with Crippen molar-refractivity contribution in [2.24, 2.45) is 0 Å². The van der Waals surface area contributed by atoms with E-state index in [0.29, 0.717) is 33.5 Å². The van der Waals surface area contributed by atoms with E-state index in [9.17, 15) is 4.79 Å². The highest BCUT2D eigenvalue weighted by atomic mass is 35.5. The lowest BCUT2D eigenvalue weighted by Crippen LogP contribution is -1.94. The van der Waals surface area contributed by atoms with Crippen molar-refractivity contribution in [3.63, 3.8) is 0 Å². The van der Waals surface area contributed by atoms with Crippen LogP contribution in [0, 0.1) is 18.3 Å². The zero-order valence-corrected chi connectivity index (χ0v) is 10.8. The van der Waals surface area contributed by atoms with Gasteiger partial charge in [-0.3, -0.25) is 4.79 Å². The van der Waals surface area contributed by atoms with Gasteiger partial charge in [-0.15, -0.1) is 0 Å². The van der Waals surface area contributed by atoms with Crippen LogP contribution in [0.25, 0.3) is 0 Å². The number of nitrogens with zero attached hydrogens (tertiary/aromatic N) is 2. The van der Waals surface area contributed by atoms with Crippen molar-refractivity contribution in [3.05, 3.63) is 52.2 Å². The molecule has 0 aliphatic heterocycles. The Morgan fingerprint density at radius 1 is 1.37 bits per heavy atom. The van der Waals surface area contributed by atoms with Gasteiger partial charge < -0.3 is 4.74 Å². The molecular weight excluding hydrogens is 264 g/mol. The van der Waals surface area contributed by atoms with Crippen LogP contribution >= 0.6 is 11.6 Å². The highest BCUT2D eigenvalue weighted by molar-refractivity contribution is 6.31. The Morgan fingerprint density at radius 2 is 2.16 bits per heavy atom. The second-order valence-electron chi connectivity index (χ2n) is 3.80. The molecule has 2 aromatic rings. The van der Waals surface area contributed by atoms with Crippen LogP contribution in [-0.2, 0) is 0 Å². The van der Waals surface area contributed by atoms with E-state index in [4.69, 9.17) is 21.6 Å². The number of aryl methyl sites for hydroxylation is 1. The van der Waals surface area contributed by atoms with Crippen LogP contribution in [0.1, 0.15) is 21.6 Å². The molecule has 0 unspecified atom stereocenters. The third-order valence-electron chi connectivity index (χ3n) is 2.51. The molecule has 4 nitrogen and oxygen atoms in total. The van der Waals surface area contributed by atoms with Gasteiger partial charge >= 0.3 is 0 Å². The third kappa shape index (κ3) is 2.90. The SMILES string of the molecule is Cc1nc(Oc2ccc(C#N)c(Cl)c2)ccc1C=O. The van der Waals surface area contributed by atoms with Crippen LogP contribution in [0.5, 0.6) is 11.6 Å². The molecule has 0 N–H and O–H groups in total. The van der Waals surface area contributed by atoms with Crippen molar-refractivity contribution in [3.8, 4) is 17.7 Å². The summed E-state index contributed by atoms with van der Waals surface area (Å²) in [6, 6.07) is 9.96. The third-order valence-corrected chi connectivity index (χ3v) is 2.82. The lowest BCUT2D eigenvalue weighted by Gasteiger charge is -2.07. The average molecular weight is 273 g/mol. The van der Waals surface area contributed by atoms with Gasteiger partial charge in [0.1, 0.15) is 11.8 Å². The minimum absolute atomic E-state index is 0.321. The molecule has 0 amide bonds. The Balaban J connectivity index is 2.26. The number of carbonyl (C=O) groups is 1. The van der Waals surface area contributed by atoms with E-state index in [-0.39, 0.29) is 0 Å². The molecule has 0 aliphatic rings. The van der Waals surface area contributed by atoms with Gasteiger partial charge in [0.05, 0.1) is 16.3 Å². The number of aldehydes is 1. The summed E-state index contributed by atoms with van der Waals surface area (Å²) < 4.78 is 5.52. The second-order valence-corrected chi connectivity index (χ2v) is 4.20. The predicted octanol–water partition coefficient (Wildman–Crippen LogP) is 3.52. The largest absolute Gasteiger partial charge is 0.439 e. The maximum Gasteiger partial charge on any atom is 0.219 e. The number of halogens is 1. The number of ether oxygens (including phenoxy) is 1. The van der Waals surface area contributed by atoms with Crippen LogP contribution in [0.3, 0.4) is 0 Å². The number of nitriles is 1. The summed E-state index contributed by atoms with van der Waals surface area (Å²) in [6.07, 6.45) is 0.741. The Kier molecular flexibility index (Phi) is 3.79. The minimum Gasteiger partial charge on any atom is -0.439 e. The van der Waals surface area contributed by atoms with Gasteiger partial charge in [-0.25, -0.2) is 4.98 Å². The van der Waals surface area contributed by atoms with Crippen molar-refractivity contribution in [2.45, 2.75) is 6.92 Å². The minimum atomic E-state index is 0.321. The molecular formula is C14H9ClN2O2. The summed E-state index contributed by atoms with van der Waals surface area (Å²) in [5.74, 6) is 0.846. The van der Waals surface area contributed by atoms with Crippen molar-refractivity contribution >= 4 is 17.9 Å². The first-order valence-electron chi connectivity index (χ1n) is 5.44. The molecule has 1 aromatic carbocycles. The quantitative estimate of drug-likeness (QED) is 0.802. The number of carbonyl (C=O) groups excluding carboxylic acids is 1. The normalized spacial score (nSPS) is 9.74. The standard InChI is InChI=1S/C14H9ClN2O2/c1-9-11(8-18)3-5-14(17-9)19-12-4-2-10(7-16)13(15)6-12/h2-6,8H,1H3. The molecule has 5 heteroatoms. The Hall–Kier alpha value is -2.38.